The topological polar surface area (TPSA) is 63.2 Å². The molecular formula is C17H21N3O2. The van der Waals surface area contributed by atoms with Crippen LogP contribution in [0.1, 0.15) is 21.5 Å². The van der Waals surface area contributed by atoms with Gasteiger partial charge in [-0.25, -0.2) is 4.98 Å². The number of aryl methyl sites for hydroxylation is 1. The Labute approximate surface area is 130 Å². The highest BCUT2D eigenvalue weighted by atomic mass is 16.5. The van der Waals surface area contributed by atoms with Gasteiger partial charge in [0, 0.05) is 32.0 Å². The first-order valence-corrected chi connectivity index (χ1v) is 7.22. The standard InChI is InChI=1S/C17H21N3O2/c1-13-5-3-4-6-15(13)12-20-17(21)14-7-8-18-16(11-14)19-9-10-22-2/h3-8,11H,9-10,12H2,1-2H3,(H,18,19)(H,20,21). The van der Waals surface area contributed by atoms with Crippen molar-refractivity contribution in [3.63, 3.8) is 0 Å². The number of pyridine rings is 1. The van der Waals surface area contributed by atoms with Crippen molar-refractivity contribution in [3.8, 4) is 0 Å². The number of anilines is 1. The van der Waals surface area contributed by atoms with Crippen LogP contribution in [0.25, 0.3) is 0 Å². The molecule has 0 atom stereocenters. The van der Waals surface area contributed by atoms with E-state index in [1.807, 2.05) is 31.2 Å². The van der Waals surface area contributed by atoms with Crippen LogP contribution in [0.3, 0.4) is 0 Å². The Morgan fingerprint density at radius 3 is 2.86 bits per heavy atom. The second-order valence-corrected chi connectivity index (χ2v) is 4.96. The first-order valence-electron chi connectivity index (χ1n) is 7.22. The lowest BCUT2D eigenvalue weighted by Gasteiger charge is -2.09. The molecule has 2 rings (SSSR count). The number of carbonyl (C=O) groups excluding carboxylic acids is 1. The molecule has 5 nitrogen and oxygen atoms in total. The largest absolute Gasteiger partial charge is 0.383 e. The molecule has 0 saturated carbocycles. The van der Waals surface area contributed by atoms with E-state index in [1.165, 1.54) is 5.56 Å². The quantitative estimate of drug-likeness (QED) is 0.771. The van der Waals surface area contributed by atoms with Gasteiger partial charge in [0.25, 0.3) is 5.91 Å². The Bertz CT molecular complexity index is 629. The van der Waals surface area contributed by atoms with Gasteiger partial charge in [0.2, 0.25) is 0 Å². The Hall–Kier alpha value is -2.40. The predicted molar refractivity (Wildman–Crippen MR) is 87.0 cm³/mol. The van der Waals surface area contributed by atoms with Crippen LogP contribution < -0.4 is 10.6 Å². The van der Waals surface area contributed by atoms with Gasteiger partial charge in [0.1, 0.15) is 5.82 Å². The predicted octanol–water partition coefficient (Wildman–Crippen LogP) is 2.38. The summed E-state index contributed by atoms with van der Waals surface area (Å²) in [4.78, 5) is 16.4. The van der Waals surface area contributed by atoms with Gasteiger partial charge in [0.05, 0.1) is 6.61 Å². The number of carbonyl (C=O) groups is 1. The Morgan fingerprint density at radius 1 is 1.27 bits per heavy atom. The van der Waals surface area contributed by atoms with Crippen LogP contribution in [0.15, 0.2) is 42.6 Å². The zero-order valence-electron chi connectivity index (χ0n) is 12.9. The number of nitrogens with one attached hydrogen (secondary N) is 2. The molecule has 0 radical (unpaired) electrons. The highest BCUT2D eigenvalue weighted by Crippen LogP contribution is 2.09. The fourth-order valence-electron chi connectivity index (χ4n) is 2.04. The molecule has 1 aromatic carbocycles. The minimum Gasteiger partial charge on any atom is -0.383 e. The van der Waals surface area contributed by atoms with Crippen molar-refractivity contribution in [1.82, 2.24) is 10.3 Å². The van der Waals surface area contributed by atoms with Crippen LogP contribution in [0.4, 0.5) is 5.82 Å². The number of methoxy groups -OCH3 is 1. The summed E-state index contributed by atoms with van der Waals surface area (Å²) in [5.74, 6) is 0.557. The molecule has 1 heterocycles. The molecule has 116 valence electrons. The van der Waals surface area contributed by atoms with E-state index in [4.69, 9.17) is 4.74 Å². The highest BCUT2D eigenvalue weighted by molar-refractivity contribution is 5.94. The summed E-state index contributed by atoms with van der Waals surface area (Å²) < 4.78 is 4.97. The molecule has 0 aliphatic heterocycles. The van der Waals surface area contributed by atoms with Gasteiger partial charge in [-0.15, -0.1) is 0 Å². The van der Waals surface area contributed by atoms with Gasteiger partial charge < -0.3 is 15.4 Å². The fourth-order valence-corrected chi connectivity index (χ4v) is 2.04. The molecule has 0 saturated heterocycles. The van der Waals surface area contributed by atoms with E-state index in [1.54, 1.807) is 25.4 Å². The third-order valence-electron chi connectivity index (χ3n) is 3.34. The van der Waals surface area contributed by atoms with Crippen LogP contribution in [0, 0.1) is 6.92 Å². The van der Waals surface area contributed by atoms with Gasteiger partial charge >= 0.3 is 0 Å². The Kier molecular flexibility index (Phi) is 5.91. The highest BCUT2D eigenvalue weighted by Gasteiger charge is 2.07. The first-order chi connectivity index (χ1) is 10.7. The lowest BCUT2D eigenvalue weighted by atomic mass is 10.1. The zero-order valence-corrected chi connectivity index (χ0v) is 12.9. The SMILES string of the molecule is COCCNc1cc(C(=O)NCc2ccccc2C)ccn1. The van der Waals surface area contributed by atoms with Gasteiger partial charge in [-0.05, 0) is 30.2 Å². The second kappa shape index (κ2) is 8.14. The molecule has 1 aromatic heterocycles. The number of ether oxygens (including phenoxy) is 1. The number of nitrogens with zero attached hydrogens (tertiary/aromatic N) is 1. The maximum Gasteiger partial charge on any atom is 0.251 e. The van der Waals surface area contributed by atoms with E-state index in [0.29, 0.717) is 31.1 Å². The number of hydrogen-bond donors (Lipinski definition) is 2. The van der Waals surface area contributed by atoms with Crippen molar-refractivity contribution < 1.29 is 9.53 Å². The molecule has 0 unspecified atom stereocenters. The summed E-state index contributed by atoms with van der Waals surface area (Å²) in [7, 11) is 1.64. The summed E-state index contributed by atoms with van der Waals surface area (Å²) >= 11 is 0. The maximum absolute atomic E-state index is 12.2. The Morgan fingerprint density at radius 2 is 2.09 bits per heavy atom. The number of benzene rings is 1. The molecular weight excluding hydrogens is 278 g/mol. The lowest BCUT2D eigenvalue weighted by molar-refractivity contribution is 0.0951. The summed E-state index contributed by atoms with van der Waals surface area (Å²) in [5.41, 5.74) is 2.87. The molecule has 0 bridgehead atoms. The number of hydrogen-bond acceptors (Lipinski definition) is 4. The number of amides is 1. The molecule has 2 aromatic rings. The monoisotopic (exact) mass is 299 g/mol. The van der Waals surface area contributed by atoms with Crippen molar-refractivity contribution in [2.45, 2.75) is 13.5 Å². The van der Waals surface area contributed by atoms with Crippen LogP contribution in [-0.4, -0.2) is 31.2 Å². The third kappa shape index (κ3) is 4.56. The van der Waals surface area contributed by atoms with E-state index >= 15 is 0 Å². The van der Waals surface area contributed by atoms with Crippen LogP contribution in [-0.2, 0) is 11.3 Å². The van der Waals surface area contributed by atoms with Crippen molar-refractivity contribution in [2.75, 3.05) is 25.6 Å². The number of rotatable bonds is 7. The van der Waals surface area contributed by atoms with Crippen LogP contribution in [0.5, 0.6) is 0 Å². The molecule has 0 aliphatic carbocycles. The minimum absolute atomic E-state index is 0.111. The van der Waals surface area contributed by atoms with E-state index in [9.17, 15) is 4.79 Å². The summed E-state index contributed by atoms with van der Waals surface area (Å²) in [6.45, 7) is 3.79. The van der Waals surface area contributed by atoms with Gasteiger partial charge in [-0.3, -0.25) is 4.79 Å². The first kappa shape index (κ1) is 16.0. The Balaban J connectivity index is 1.95. The normalized spacial score (nSPS) is 10.3. The summed E-state index contributed by atoms with van der Waals surface area (Å²) in [5, 5.41) is 6.04. The molecule has 5 heteroatoms. The number of aromatic nitrogens is 1. The second-order valence-electron chi connectivity index (χ2n) is 4.96. The molecule has 22 heavy (non-hydrogen) atoms. The fraction of sp³-hybridized carbons (Fsp3) is 0.294. The van der Waals surface area contributed by atoms with Gasteiger partial charge in [0.15, 0.2) is 0 Å². The summed E-state index contributed by atoms with van der Waals surface area (Å²) in [6, 6.07) is 11.4. The summed E-state index contributed by atoms with van der Waals surface area (Å²) in [6.07, 6.45) is 1.62. The van der Waals surface area contributed by atoms with Gasteiger partial charge in [-0.1, -0.05) is 24.3 Å². The minimum atomic E-state index is -0.111. The van der Waals surface area contributed by atoms with E-state index in [2.05, 4.69) is 15.6 Å². The van der Waals surface area contributed by atoms with Crippen LogP contribution >= 0.6 is 0 Å². The average molecular weight is 299 g/mol. The van der Waals surface area contributed by atoms with Crippen LogP contribution in [0.2, 0.25) is 0 Å². The van der Waals surface area contributed by atoms with E-state index in [0.717, 1.165) is 5.56 Å². The molecule has 0 spiro atoms. The molecule has 2 N–H and O–H groups in total. The van der Waals surface area contributed by atoms with Crippen molar-refractivity contribution in [3.05, 3.63) is 59.3 Å². The maximum atomic E-state index is 12.2. The van der Waals surface area contributed by atoms with Crippen molar-refractivity contribution >= 4 is 11.7 Å². The third-order valence-corrected chi connectivity index (χ3v) is 3.34. The average Bonchev–Trinajstić information content (AvgIpc) is 2.54. The smallest absolute Gasteiger partial charge is 0.251 e. The zero-order chi connectivity index (χ0) is 15.8. The lowest BCUT2D eigenvalue weighted by Crippen LogP contribution is -2.23. The van der Waals surface area contributed by atoms with Gasteiger partial charge in [-0.2, -0.15) is 0 Å². The molecule has 0 aliphatic rings. The van der Waals surface area contributed by atoms with Crippen molar-refractivity contribution in [2.24, 2.45) is 0 Å². The molecule has 1 amide bonds. The van der Waals surface area contributed by atoms with E-state index in [-0.39, 0.29) is 5.91 Å². The van der Waals surface area contributed by atoms with Crippen molar-refractivity contribution in [1.29, 1.82) is 0 Å². The molecule has 0 fully saturated rings. The van der Waals surface area contributed by atoms with E-state index < -0.39 is 0 Å².